The van der Waals surface area contributed by atoms with Crippen LogP contribution >= 0.6 is 23.5 Å². The highest BCUT2D eigenvalue weighted by Crippen LogP contribution is 2.40. The molecule has 1 amide bonds. The number of carbonyl (C=O) groups excluding carboxylic acids is 1. The molecule has 3 rings (SSSR count). The molecule has 0 saturated carbocycles. The van der Waals surface area contributed by atoms with Crippen LogP contribution in [-0.2, 0) is 11.2 Å². The van der Waals surface area contributed by atoms with E-state index in [0.717, 1.165) is 31.7 Å². The van der Waals surface area contributed by atoms with Crippen LogP contribution in [-0.4, -0.2) is 83.4 Å². The molecule has 2 heterocycles. The Morgan fingerprint density at radius 3 is 2.85 bits per heavy atom. The molecule has 2 N–H and O–H groups in total. The molecule has 2 aliphatic rings. The summed E-state index contributed by atoms with van der Waals surface area (Å²) >= 11 is 3.43. The normalized spacial score (nSPS) is 26.2. The number of hydrogen-bond donors (Lipinski definition) is 2. The lowest BCUT2D eigenvalue weighted by Gasteiger charge is -2.43. The fourth-order valence-electron chi connectivity index (χ4n) is 4.24. The highest BCUT2D eigenvalue weighted by molar-refractivity contribution is 8.00. The summed E-state index contributed by atoms with van der Waals surface area (Å²) in [5, 5.41) is 36.8. The number of anilines is 1. The first-order valence-electron chi connectivity index (χ1n) is 11.4. The second-order valence-corrected chi connectivity index (χ2v) is 11.0. The summed E-state index contributed by atoms with van der Waals surface area (Å²) < 4.78 is -0.580. The lowest BCUT2D eigenvalue weighted by Crippen LogP contribution is -2.52. The van der Waals surface area contributed by atoms with Gasteiger partial charge < -0.3 is 25.4 Å². The number of amides is 1. The lowest BCUT2D eigenvalue weighted by molar-refractivity contribution is -0.884. The number of hydroxylamine groups is 3. The first-order valence-corrected chi connectivity index (χ1v) is 13.5. The summed E-state index contributed by atoms with van der Waals surface area (Å²) in [5.41, 5.74) is 2.31. The Bertz CT molecular complexity index is 882. The molecule has 0 radical (unpaired) electrons. The van der Waals surface area contributed by atoms with Gasteiger partial charge in [0.05, 0.1) is 30.5 Å². The smallest absolute Gasteiger partial charge is 0.245 e. The van der Waals surface area contributed by atoms with Crippen LogP contribution < -0.4 is 10.6 Å². The van der Waals surface area contributed by atoms with Gasteiger partial charge in [-0.15, -0.1) is 0 Å². The van der Waals surface area contributed by atoms with E-state index in [1.165, 1.54) is 28.8 Å². The molecule has 178 valence electrons. The molecule has 0 spiro atoms. The highest BCUT2D eigenvalue weighted by atomic mass is 32.2. The van der Waals surface area contributed by atoms with Gasteiger partial charge in [-0.05, 0) is 31.0 Å². The highest BCUT2D eigenvalue weighted by Gasteiger charge is 2.48. The number of hydrogen-bond acceptors (Lipinski definition) is 8. The third-order valence-corrected chi connectivity index (χ3v) is 8.75. The topological polar surface area (TPSA) is 115 Å². The van der Waals surface area contributed by atoms with Crippen molar-refractivity contribution in [3.8, 4) is 12.1 Å². The minimum absolute atomic E-state index is 0.0124. The van der Waals surface area contributed by atoms with E-state index in [1.807, 2.05) is 30.0 Å². The Kier molecular flexibility index (Phi) is 9.72. The van der Waals surface area contributed by atoms with Crippen molar-refractivity contribution >= 4 is 35.1 Å². The van der Waals surface area contributed by atoms with Crippen molar-refractivity contribution in [3.63, 3.8) is 0 Å². The van der Waals surface area contributed by atoms with E-state index in [2.05, 4.69) is 33.7 Å². The number of nitrogens with zero attached hydrogens (tertiary/aromatic N) is 4. The third kappa shape index (κ3) is 7.02. The molecule has 0 aliphatic carbocycles. The largest absolute Gasteiger partial charge is 0.632 e. The molecule has 0 aromatic heterocycles. The van der Waals surface area contributed by atoms with Crippen LogP contribution in [0.15, 0.2) is 24.3 Å². The molecular formula is C23H32N6O2S2. The summed E-state index contributed by atoms with van der Waals surface area (Å²) in [7, 11) is 0. The van der Waals surface area contributed by atoms with E-state index in [9.17, 15) is 15.3 Å². The Labute approximate surface area is 204 Å². The number of quaternary nitrogens is 1. The molecule has 33 heavy (non-hydrogen) atoms. The van der Waals surface area contributed by atoms with Crippen molar-refractivity contribution < 1.29 is 9.44 Å². The molecule has 2 aliphatic heterocycles. The number of rotatable bonds is 10. The van der Waals surface area contributed by atoms with Crippen molar-refractivity contribution in [2.24, 2.45) is 5.92 Å². The average molecular weight is 489 g/mol. The number of nitrogens with one attached hydrogen (secondary N) is 2. The molecule has 4 atom stereocenters. The average Bonchev–Trinajstić information content (AvgIpc) is 3.18. The second kappa shape index (κ2) is 12.5. The fraction of sp³-hybridized carbons (Fsp3) is 0.609. The van der Waals surface area contributed by atoms with Crippen molar-refractivity contribution in [1.82, 2.24) is 10.2 Å². The standard InChI is InChI=1S/C23H32N6O2S2/c1-2-29(31)17-20(33-23(29)21(15-25)22(30)26-8-7-24)16-27-19-5-3-4-18(14-19)6-9-28-10-12-32-13-11-28/h3-5,14,20-21,23,27H,2,6,8-13,16-17H2,1H3,(H,26,30)/t20-,21-,23+,29?/m1/s1. The Balaban J connectivity index is 1.56. The zero-order valence-corrected chi connectivity index (χ0v) is 20.7. The van der Waals surface area contributed by atoms with Crippen LogP contribution in [0, 0.1) is 33.8 Å². The molecule has 2 saturated heterocycles. The fourth-order valence-corrected chi connectivity index (χ4v) is 6.93. The van der Waals surface area contributed by atoms with E-state index >= 15 is 0 Å². The number of nitriles is 2. The predicted octanol–water partition coefficient (Wildman–Crippen LogP) is 2.25. The quantitative estimate of drug-likeness (QED) is 0.293. The monoisotopic (exact) mass is 488 g/mol. The van der Waals surface area contributed by atoms with Crippen LogP contribution in [0.5, 0.6) is 0 Å². The van der Waals surface area contributed by atoms with Gasteiger partial charge in [-0.2, -0.15) is 22.3 Å². The molecule has 8 nitrogen and oxygen atoms in total. The molecule has 10 heteroatoms. The van der Waals surface area contributed by atoms with Crippen molar-refractivity contribution in [2.75, 3.05) is 62.6 Å². The van der Waals surface area contributed by atoms with Gasteiger partial charge in [-0.3, -0.25) is 4.79 Å². The van der Waals surface area contributed by atoms with Crippen molar-refractivity contribution in [2.45, 2.75) is 24.0 Å². The molecule has 1 aromatic rings. The van der Waals surface area contributed by atoms with E-state index < -0.39 is 21.8 Å². The maximum atomic E-state index is 13.4. The summed E-state index contributed by atoms with van der Waals surface area (Å²) in [6, 6.07) is 12.2. The number of benzene rings is 1. The first-order chi connectivity index (χ1) is 16.0. The van der Waals surface area contributed by atoms with Gasteiger partial charge in [0.1, 0.15) is 6.54 Å². The van der Waals surface area contributed by atoms with E-state index in [-0.39, 0.29) is 11.8 Å². The van der Waals surface area contributed by atoms with Gasteiger partial charge >= 0.3 is 0 Å². The number of carbonyl (C=O) groups is 1. The van der Waals surface area contributed by atoms with Crippen molar-refractivity contribution in [1.29, 1.82) is 10.5 Å². The predicted molar refractivity (Wildman–Crippen MR) is 134 cm³/mol. The molecular weight excluding hydrogens is 456 g/mol. The molecule has 0 bridgehead atoms. The van der Waals surface area contributed by atoms with E-state index in [1.54, 1.807) is 6.92 Å². The summed E-state index contributed by atoms with van der Waals surface area (Å²) in [4.78, 5) is 14.9. The van der Waals surface area contributed by atoms with Crippen LogP contribution in [0.3, 0.4) is 0 Å². The minimum atomic E-state index is -1.08. The van der Waals surface area contributed by atoms with E-state index in [4.69, 9.17) is 5.26 Å². The van der Waals surface area contributed by atoms with Crippen molar-refractivity contribution in [3.05, 3.63) is 35.0 Å². The Hall–Kier alpha value is -1.95. The van der Waals surface area contributed by atoms with Gasteiger partial charge in [-0.25, -0.2) is 0 Å². The van der Waals surface area contributed by atoms with Gasteiger partial charge in [0, 0.05) is 43.4 Å². The zero-order valence-electron chi connectivity index (χ0n) is 19.0. The van der Waals surface area contributed by atoms with Gasteiger partial charge in [0.15, 0.2) is 11.3 Å². The molecule has 2 fully saturated rings. The van der Waals surface area contributed by atoms with Gasteiger partial charge in [0.2, 0.25) is 5.91 Å². The summed E-state index contributed by atoms with van der Waals surface area (Å²) in [6.07, 6.45) is 1.01. The maximum absolute atomic E-state index is 13.4. The number of thioether (sulfide) groups is 2. The van der Waals surface area contributed by atoms with Crippen LogP contribution in [0.1, 0.15) is 12.5 Å². The van der Waals surface area contributed by atoms with Gasteiger partial charge in [0.25, 0.3) is 0 Å². The van der Waals surface area contributed by atoms with E-state index in [0.29, 0.717) is 19.6 Å². The van der Waals surface area contributed by atoms with Crippen LogP contribution in [0.2, 0.25) is 0 Å². The molecule has 1 aromatic carbocycles. The SMILES string of the molecule is CC[N+]1([O-])C[C@@H](CNc2cccc(CCN3CCSCC3)c2)S[C@H]1[C@H](C#N)C(=O)NCC#N. The molecule has 1 unspecified atom stereocenters. The summed E-state index contributed by atoms with van der Waals surface area (Å²) in [5.74, 6) is 0.802. The van der Waals surface area contributed by atoms with Crippen LogP contribution in [0.25, 0.3) is 0 Å². The first kappa shape index (κ1) is 25.7. The summed E-state index contributed by atoms with van der Waals surface area (Å²) in [6.45, 7) is 6.24. The Morgan fingerprint density at radius 2 is 2.15 bits per heavy atom. The van der Waals surface area contributed by atoms with Gasteiger partial charge in [-0.1, -0.05) is 23.9 Å². The minimum Gasteiger partial charge on any atom is -0.632 e. The lowest BCUT2D eigenvalue weighted by atomic mass is 10.1. The second-order valence-electron chi connectivity index (χ2n) is 8.37. The maximum Gasteiger partial charge on any atom is 0.245 e. The zero-order chi connectivity index (χ0) is 23.7. The third-order valence-electron chi connectivity index (χ3n) is 6.17. The Morgan fingerprint density at radius 1 is 1.36 bits per heavy atom. The van der Waals surface area contributed by atoms with Crippen LogP contribution in [0.4, 0.5) is 5.69 Å².